The minimum absolute atomic E-state index is 0.0243. The van der Waals surface area contributed by atoms with E-state index < -0.39 is 0 Å². The second-order valence-electron chi connectivity index (χ2n) is 4.61. The fraction of sp³-hybridized carbons (Fsp3) is 1.00. The predicted octanol–water partition coefficient (Wildman–Crippen LogP) is 2.34. The monoisotopic (exact) mass is 154 g/mol. The zero-order chi connectivity index (χ0) is 7.90. The van der Waals surface area contributed by atoms with E-state index in [1.165, 1.54) is 32.1 Å². The summed E-state index contributed by atoms with van der Waals surface area (Å²) in [5, 5.41) is 9.74. The van der Waals surface area contributed by atoms with Crippen LogP contribution in [0.4, 0.5) is 0 Å². The number of aliphatic hydroxyl groups excluding tert-OH is 1. The maximum Gasteiger partial charge on any atom is 0.0573 e. The Bertz CT molecular complexity index is 155. The molecule has 11 heavy (non-hydrogen) atoms. The summed E-state index contributed by atoms with van der Waals surface area (Å²) in [6.45, 7) is 2.37. The van der Waals surface area contributed by atoms with Crippen molar-refractivity contribution in [2.45, 2.75) is 51.6 Å². The molecule has 0 aromatic rings. The number of hydrogen-bond donors (Lipinski definition) is 1. The fourth-order valence-electron chi connectivity index (χ4n) is 3.14. The largest absolute Gasteiger partial charge is 0.393 e. The van der Waals surface area contributed by atoms with Crippen molar-refractivity contribution >= 4 is 0 Å². The Morgan fingerprint density at radius 1 is 1.18 bits per heavy atom. The van der Waals surface area contributed by atoms with E-state index in [9.17, 15) is 5.11 Å². The van der Waals surface area contributed by atoms with Gasteiger partial charge in [-0.1, -0.05) is 19.8 Å². The van der Waals surface area contributed by atoms with Gasteiger partial charge in [0.15, 0.2) is 0 Å². The third kappa shape index (κ3) is 1.10. The van der Waals surface area contributed by atoms with Gasteiger partial charge in [0.05, 0.1) is 6.10 Å². The summed E-state index contributed by atoms with van der Waals surface area (Å²) in [4.78, 5) is 0. The summed E-state index contributed by atoms with van der Waals surface area (Å²) < 4.78 is 0. The van der Waals surface area contributed by atoms with Crippen LogP contribution in [-0.4, -0.2) is 11.2 Å². The minimum atomic E-state index is 0.0243. The first kappa shape index (κ1) is 7.60. The molecule has 1 N–H and O–H groups in total. The van der Waals surface area contributed by atoms with Crippen LogP contribution in [0.15, 0.2) is 0 Å². The smallest absolute Gasteiger partial charge is 0.0573 e. The molecule has 2 rings (SSSR count). The maximum atomic E-state index is 9.74. The predicted molar refractivity (Wildman–Crippen MR) is 45.3 cm³/mol. The molecule has 0 unspecified atom stereocenters. The summed E-state index contributed by atoms with van der Waals surface area (Å²) in [6, 6.07) is 0. The van der Waals surface area contributed by atoms with Crippen molar-refractivity contribution in [1.82, 2.24) is 0 Å². The van der Waals surface area contributed by atoms with Gasteiger partial charge >= 0.3 is 0 Å². The van der Waals surface area contributed by atoms with E-state index in [0.29, 0.717) is 11.3 Å². The summed E-state index contributed by atoms with van der Waals surface area (Å²) in [5.74, 6) is 0.635. The molecule has 2 aliphatic rings. The normalized spacial score (nSPS) is 50.7. The van der Waals surface area contributed by atoms with Crippen molar-refractivity contribution in [3.8, 4) is 0 Å². The number of aliphatic hydroxyl groups is 1. The van der Waals surface area contributed by atoms with Gasteiger partial charge in [-0.05, 0) is 37.0 Å². The van der Waals surface area contributed by atoms with Crippen LogP contribution in [0.5, 0.6) is 0 Å². The minimum Gasteiger partial charge on any atom is -0.393 e. The average molecular weight is 154 g/mol. The highest BCUT2D eigenvalue weighted by molar-refractivity contribution is 4.95. The van der Waals surface area contributed by atoms with E-state index in [-0.39, 0.29) is 6.10 Å². The molecule has 0 aromatic carbocycles. The highest BCUT2D eigenvalue weighted by Crippen LogP contribution is 2.51. The van der Waals surface area contributed by atoms with Crippen LogP contribution in [0.2, 0.25) is 0 Å². The Kier molecular flexibility index (Phi) is 1.71. The van der Waals surface area contributed by atoms with Gasteiger partial charge in [-0.15, -0.1) is 0 Å². The van der Waals surface area contributed by atoms with Crippen molar-refractivity contribution in [2.24, 2.45) is 11.3 Å². The third-order valence-electron chi connectivity index (χ3n) is 3.87. The summed E-state index contributed by atoms with van der Waals surface area (Å²) in [6.07, 6.45) is 7.66. The van der Waals surface area contributed by atoms with Gasteiger partial charge in [-0.2, -0.15) is 0 Å². The molecule has 0 spiro atoms. The fourth-order valence-corrected chi connectivity index (χ4v) is 3.14. The van der Waals surface area contributed by atoms with Crippen LogP contribution in [0.25, 0.3) is 0 Å². The van der Waals surface area contributed by atoms with Gasteiger partial charge in [-0.25, -0.2) is 0 Å². The van der Waals surface area contributed by atoms with E-state index in [2.05, 4.69) is 6.92 Å². The Hall–Kier alpha value is -0.0400. The van der Waals surface area contributed by atoms with Crippen molar-refractivity contribution < 1.29 is 5.11 Å². The van der Waals surface area contributed by atoms with Crippen molar-refractivity contribution in [3.63, 3.8) is 0 Å². The summed E-state index contributed by atoms with van der Waals surface area (Å²) in [7, 11) is 0. The maximum absolute atomic E-state index is 9.74. The standard InChI is InChI=1S/C10H18O/c1-10-6-2-4-8(10)9(11)5-3-7-10/h8-9,11H,2-7H2,1H3/t8-,9-,10-/m0/s1. The van der Waals surface area contributed by atoms with Crippen LogP contribution in [0.3, 0.4) is 0 Å². The van der Waals surface area contributed by atoms with Crippen molar-refractivity contribution in [3.05, 3.63) is 0 Å². The number of rotatable bonds is 0. The highest BCUT2D eigenvalue weighted by atomic mass is 16.3. The summed E-state index contributed by atoms with van der Waals surface area (Å²) in [5.41, 5.74) is 0.512. The molecule has 0 heterocycles. The molecular formula is C10H18O. The van der Waals surface area contributed by atoms with Gasteiger partial charge < -0.3 is 5.11 Å². The molecule has 1 nitrogen and oxygen atoms in total. The third-order valence-corrected chi connectivity index (χ3v) is 3.87. The lowest BCUT2D eigenvalue weighted by Crippen LogP contribution is -2.36. The van der Waals surface area contributed by atoms with E-state index >= 15 is 0 Å². The first-order valence-electron chi connectivity index (χ1n) is 4.90. The van der Waals surface area contributed by atoms with Crippen LogP contribution in [-0.2, 0) is 0 Å². The SMILES string of the molecule is C[C@]12CCC[C@H](O)[C@@H]1CCC2. The molecule has 0 aromatic heterocycles. The van der Waals surface area contributed by atoms with E-state index in [4.69, 9.17) is 0 Å². The van der Waals surface area contributed by atoms with E-state index in [1.54, 1.807) is 0 Å². The second kappa shape index (κ2) is 2.48. The molecule has 3 atom stereocenters. The summed E-state index contributed by atoms with van der Waals surface area (Å²) >= 11 is 0. The molecule has 0 bridgehead atoms. The number of fused-ring (bicyclic) bond motifs is 1. The molecule has 2 saturated carbocycles. The van der Waals surface area contributed by atoms with Crippen LogP contribution in [0, 0.1) is 11.3 Å². The molecule has 0 radical (unpaired) electrons. The van der Waals surface area contributed by atoms with Gasteiger partial charge in [-0.3, -0.25) is 0 Å². The molecule has 64 valence electrons. The van der Waals surface area contributed by atoms with E-state index in [0.717, 1.165) is 6.42 Å². The van der Waals surface area contributed by atoms with Gasteiger partial charge in [0.2, 0.25) is 0 Å². The van der Waals surface area contributed by atoms with Crippen molar-refractivity contribution in [2.75, 3.05) is 0 Å². The Morgan fingerprint density at radius 2 is 1.82 bits per heavy atom. The molecule has 0 amide bonds. The molecule has 0 saturated heterocycles. The lowest BCUT2D eigenvalue weighted by atomic mass is 9.68. The molecule has 2 aliphatic carbocycles. The first-order valence-corrected chi connectivity index (χ1v) is 4.90. The zero-order valence-electron chi connectivity index (χ0n) is 7.34. The second-order valence-corrected chi connectivity index (χ2v) is 4.61. The highest BCUT2D eigenvalue weighted by Gasteiger charge is 2.44. The lowest BCUT2D eigenvalue weighted by molar-refractivity contribution is 0.00209. The van der Waals surface area contributed by atoms with Crippen molar-refractivity contribution in [1.29, 1.82) is 0 Å². The van der Waals surface area contributed by atoms with Gasteiger partial charge in [0.25, 0.3) is 0 Å². The Labute approximate surface area is 68.8 Å². The zero-order valence-corrected chi connectivity index (χ0v) is 7.34. The van der Waals surface area contributed by atoms with Crippen LogP contribution in [0.1, 0.15) is 45.4 Å². The van der Waals surface area contributed by atoms with E-state index in [1.807, 2.05) is 0 Å². The Morgan fingerprint density at radius 3 is 2.45 bits per heavy atom. The van der Waals surface area contributed by atoms with Crippen LogP contribution < -0.4 is 0 Å². The number of hydrogen-bond acceptors (Lipinski definition) is 1. The van der Waals surface area contributed by atoms with Gasteiger partial charge in [0.1, 0.15) is 0 Å². The molecule has 1 heteroatoms. The average Bonchev–Trinajstić information content (AvgIpc) is 2.31. The molecule has 2 fully saturated rings. The topological polar surface area (TPSA) is 20.2 Å². The Balaban J connectivity index is 2.15. The van der Waals surface area contributed by atoms with Crippen LogP contribution >= 0.6 is 0 Å². The van der Waals surface area contributed by atoms with Gasteiger partial charge in [0, 0.05) is 0 Å². The molecule has 0 aliphatic heterocycles. The first-order chi connectivity index (χ1) is 5.22. The quantitative estimate of drug-likeness (QED) is 0.568. The lowest BCUT2D eigenvalue weighted by Gasteiger charge is -2.39. The molecular weight excluding hydrogens is 136 g/mol.